The van der Waals surface area contributed by atoms with E-state index >= 15 is 0 Å². The van der Waals surface area contributed by atoms with Crippen LogP contribution < -0.4 is 0 Å². The molecule has 7 heteroatoms. The first kappa shape index (κ1) is 23.7. The van der Waals surface area contributed by atoms with Crippen molar-refractivity contribution in [1.82, 2.24) is 9.99 Å². The lowest BCUT2D eigenvalue weighted by atomic mass is 9.89. The van der Waals surface area contributed by atoms with Crippen LogP contribution >= 0.6 is 27.5 Å². The molecule has 5 rings (SSSR count). The molecule has 0 radical (unpaired) electrons. The average molecular weight is 549 g/mol. The Morgan fingerprint density at radius 3 is 2.63 bits per heavy atom. The predicted octanol–water partition coefficient (Wildman–Crippen LogP) is 6.95. The van der Waals surface area contributed by atoms with Crippen molar-refractivity contribution in [2.24, 2.45) is 5.10 Å². The molecule has 4 aromatic rings. The van der Waals surface area contributed by atoms with Gasteiger partial charge in [-0.3, -0.25) is 9.78 Å². The number of carbonyl (C=O) groups excluding carboxylic acids is 1. The Bertz CT molecular complexity index is 1460. The number of benzene rings is 3. The zero-order valence-corrected chi connectivity index (χ0v) is 21.7. The lowest BCUT2D eigenvalue weighted by Gasteiger charge is -2.22. The van der Waals surface area contributed by atoms with Crippen LogP contribution in [-0.2, 0) is 9.53 Å². The molecule has 3 aromatic carbocycles. The van der Waals surface area contributed by atoms with Crippen LogP contribution in [0.4, 0.5) is 0 Å². The van der Waals surface area contributed by atoms with E-state index in [0.717, 1.165) is 49.0 Å². The molecule has 1 aliphatic rings. The number of hydrazone groups is 1. The second kappa shape index (κ2) is 9.90. The van der Waals surface area contributed by atoms with E-state index in [1.165, 1.54) is 7.11 Å². The summed E-state index contributed by atoms with van der Waals surface area (Å²) in [6, 6.07) is 23.7. The van der Waals surface area contributed by atoms with Gasteiger partial charge in [-0.15, -0.1) is 0 Å². The minimum atomic E-state index is -0.247. The average Bonchev–Trinajstić information content (AvgIpc) is 3.29. The third-order valence-corrected chi connectivity index (χ3v) is 6.87. The molecule has 0 unspecified atom stereocenters. The highest BCUT2D eigenvalue weighted by atomic mass is 79.9. The molecule has 1 aromatic heterocycles. The van der Waals surface area contributed by atoms with Crippen LogP contribution in [0.1, 0.15) is 29.3 Å². The van der Waals surface area contributed by atoms with Crippen molar-refractivity contribution in [2.45, 2.75) is 19.4 Å². The number of carbonyl (C=O) groups is 1. The Morgan fingerprint density at radius 2 is 1.89 bits per heavy atom. The van der Waals surface area contributed by atoms with E-state index < -0.39 is 0 Å². The van der Waals surface area contributed by atoms with E-state index in [2.05, 4.69) is 28.1 Å². The molecule has 0 aliphatic carbocycles. The van der Waals surface area contributed by atoms with Crippen LogP contribution in [0.3, 0.4) is 0 Å². The van der Waals surface area contributed by atoms with Gasteiger partial charge >= 0.3 is 0 Å². The molecule has 2 heterocycles. The molecule has 0 spiro atoms. The number of amides is 1. The molecule has 1 amide bonds. The van der Waals surface area contributed by atoms with Crippen molar-refractivity contribution < 1.29 is 9.53 Å². The fraction of sp³-hybridized carbons (Fsp3) is 0.179. The van der Waals surface area contributed by atoms with Gasteiger partial charge < -0.3 is 4.74 Å². The van der Waals surface area contributed by atoms with Crippen molar-refractivity contribution in [3.05, 3.63) is 99.1 Å². The lowest BCUT2D eigenvalue weighted by molar-refractivity contribution is -0.137. The van der Waals surface area contributed by atoms with Crippen LogP contribution in [0, 0.1) is 6.92 Å². The molecule has 0 bridgehead atoms. The van der Waals surface area contributed by atoms with Gasteiger partial charge in [-0.2, -0.15) is 5.10 Å². The monoisotopic (exact) mass is 547 g/mol. The number of ether oxygens (including phenoxy) is 1. The number of aromatic nitrogens is 1. The van der Waals surface area contributed by atoms with Gasteiger partial charge in [0, 0.05) is 45.2 Å². The molecule has 0 saturated carbocycles. The van der Waals surface area contributed by atoms with Crippen molar-refractivity contribution in [3.63, 3.8) is 0 Å². The number of methoxy groups -OCH3 is 1. The highest BCUT2D eigenvalue weighted by Gasteiger charge is 2.35. The molecule has 0 saturated heterocycles. The smallest absolute Gasteiger partial charge is 0.269 e. The van der Waals surface area contributed by atoms with Crippen LogP contribution in [0.25, 0.3) is 22.0 Å². The summed E-state index contributed by atoms with van der Waals surface area (Å²) in [6.07, 6.45) is 0.556. The third-order valence-electron chi connectivity index (χ3n) is 6.15. The third kappa shape index (κ3) is 4.61. The maximum absolute atomic E-state index is 13.0. The maximum Gasteiger partial charge on any atom is 0.269 e. The quantitative estimate of drug-likeness (QED) is 0.271. The number of pyridine rings is 1. The first-order valence-electron chi connectivity index (χ1n) is 11.3. The van der Waals surface area contributed by atoms with Crippen molar-refractivity contribution in [1.29, 1.82) is 0 Å². The summed E-state index contributed by atoms with van der Waals surface area (Å²) >= 11 is 9.97. The van der Waals surface area contributed by atoms with E-state index in [9.17, 15) is 4.79 Å². The number of hydrogen-bond donors (Lipinski definition) is 0. The Labute approximate surface area is 217 Å². The van der Waals surface area contributed by atoms with E-state index in [-0.39, 0.29) is 18.6 Å². The number of nitrogens with zero attached hydrogens (tertiary/aromatic N) is 3. The minimum absolute atomic E-state index is 0.0443. The molecule has 176 valence electrons. The SMILES string of the molecule is COCC(=O)N1N=C(c2c(C)nc3ccc(Cl)cc3c2-c2ccccc2)C[C@H]1c1cccc(Br)c1. The highest BCUT2D eigenvalue weighted by Crippen LogP contribution is 2.40. The summed E-state index contributed by atoms with van der Waals surface area (Å²) in [4.78, 5) is 17.9. The van der Waals surface area contributed by atoms with Gasteiger partial charge in [0.05, 0.1) is 17.3 Å². The molecule has 1 atom stereocenters. The van der Waals surface area contributed by atoms with Crippen molar-refractivity contribution in [2.75, 3.05) is 13.7 Å². The normalized spacial score (nSPS) is 15.5. The van der Waals surface area contributed by atoms with Gasteiger partial charge in [0.15, 0.2) is 0 Å². The molecule has 0 fully saturated rings. The van der Waals surface area contributed by atoms with Gasteiger partial charge in [-0.05, 0) is 48.4 Å². The first-order chi connectivity index (χ1) is 17.0. The topological polar surface area (TPSA) is 54.8 Å². The van der Waals surface area contributed by atoms with Crippen LogP contribution in [0.2, 0.25) is 5.02 Å². The number of fused-ring (bicyclic) bond motifs is 1. The summed E-state index contributed by atoms with van der Waals surface area (Å²) in [7, 11) is 1.52. The zero-order valence-electron chi connectivity index (χ0n) is 19.3. The van der Waals surface area contributed by atoms with Gasteiger partial charge in [0.2, 0.25) is 0 Å². The Hall–Kier alpha value is -3.06. The Balaban J connectivity index is 1.73. The summed E-state index contributed by atoms with van der Waals surface area (Å²) in [6.45, 7) is 1.95. The fourth-order valence-electron chi connectivity index (χ4n) is 4.67. The summed E-state index contributed by atoms with van der Waals surface area (Å²) in [5.41, 5.74) is 6.52. The van der Waals surface area contributed by atoms with E-state index in [4.69, 9.17) is 26.4 Å². The Morgan fingerprint density at radius 1 is 1.09 bits per heavy atom. The highest BCUT2D eigenvalue weighted by molar-refractivity contribution is 9.10. The Kier molecular flexibility index (Phi) is 6.69. The molecule has 5 nitrogen and oxygen atoms in total. The summed E-state index contributed by atoms with van der Waals surface area (Å²) in [5.74, 6) is -0.191. The van der Waals surface area contributed by atoms with Crippen LogP contribution in [0.5, 0.6) is 0 Å². The van der Waals surface area contributed by atoms with Gasteiger partial charge in [-0.1, -0.05) is 70.0 Å². The maximum atomic E-state index is 13.0. The number of hydrogen-bond acceptors (Lipinski definition) is 4. The molecular formula is C28H23BrClN3O2. The van der Waals surface area contributed by atoms with E-state index in [0.29, 0.717) is 11.4 Å². The van der Waals surface area contributed by atoms with E-state index in [1.807, 2.05) is 67.6 Å². The second-order valence-electron chi connectivity index (χ2n) is 8.47. The van der Waals surface area contributed by atoms with E-state index in [1.54, 1.807) is 5.01 Å². The van der Waals surface area contributed by atoms with Crippen LogP contribution in [0.15, 0.2) is 82.4 Å². The van der Waals surface area contributed by atoms with Gasteiger partial charge in [-0.25, -0.2) is 5.01 Å². The first-order valence-corrected chi connectivity index (χ1v) is 12.4. The lowest BCUT2D eigenvalue weighted by Crippen LogP contribution is -2.30. The molecule has 35 heavy (non-hydrogen) atoms. The van der Waals surface area contributed by atoms with Crippen molar-refractivity contribution >= 4 is 50.1 Å². The minimum Gasteiger partial charge on any atom is -0.375 e. The summed E-state index contributed by atoms with van der Waals surface area (Å²) in [5, 5.41) is 8.02. The second-order valence-corrected chi connectivity index (χ2v) is 9.82. The molecule has 0 N–H and O–H groups in total. The number of aryl methyl sites for hydroxylation is 1. The standard InChI is InChI=1S/C28H23BrClN3O2/c1-17-27(28(18-7-4-3-5-8-18)22-14-21(30)11-12-23(22)31-17)24-15-25(19-9-6-10-20(29)13-19)33(32-24)26(34)16-35-2/h3-14,25H,15-16H2,1-2H3/t25-/m0/s1. The largest absolute Gasteiger partial charge is 0.375 e. The fourth-order valence-corrected chi connectivity index (χ4v) is 5.26. The molecular weight excluding hydrogens is 526 g/mol. The molecule has 1 aliphatic heterocycles. The van der Waals surface area contributed by atoms with Crippen LogP contribution in [-0.4, -0.2) is 35.3 Å². The van der Waals surface area contributed by atoms with Gasteiger partial charge in [0.25, 0.3) is 5.91 Å². The predicted molar refractivity (Wildman–Crippen MR) is 144 cm³/mol. The number of halogens is 2. The van der Waals surface area contributed by atoms with Crippen molar-refractivity contribution in [3.8, 4) is 11.1 Å². The summed E-state index contributed by atoms with van der Waals surface area (Å²) < 4.78 is 6.11. The van der Waals surface area contributed by atoms with Gasteiger partial charge in [0.1, 0.15) is 6.61 Å². The number of rotatable bonds is 5. The zero-order chi connectivity index (χ0) is 24.5.